The van der Waals surface area contributed by atoms with Crippen molar-refractivity contribution in [2.75, 3.05) is 20.3 Å². The molecule has 0 bridgehead atoms. The average molecular weight is 503 g/mol. The Morgan fingerprint density at radius 1 is 1.22 bits per heavy atom. The molecule has 4 aromatic rings. The second-order valence-electron chi connectivity index (χ2n) is 9.56. The third kappa shape index (κ3) is 5.89. The first-order valence-electron chi connectivity index (χ1n) is 13.0. The number of hydrogen-bond acceptors (Lipinski definition) is 7. The molecular formula is C28H34N6O3. The van der Waals surface area contributed by atoms with Crippen LogP contribution in [0.3, 0.4) is 0 Å². The Balaban J connectivity index is 1.44. The number of methoxy groups -OCH3 is 1. The third-order valence-corrected chi connectivity index (χ3v) is 7.10. The topological polar surface area (TPSA) is 98.2 Å². The molecule has 9 heteroatoms. The summed E-state index contributed by atoms with van der Waals surface area (Å²) in [5, 5.41) is 13.7. The van der Waals surface area contributed by atoms with Gasteiger partial charge in [-0.15, -0.1) is 5.10 Å². The van der Waals surface area contributed by atoms with Crippen molar-refractivity contribution >= 4 is 10.9 Å². The molecule has 1 N–H and O–H groups in total. The molecular weight excluding hydrogens is 468 g/mol. The highest BCUT2D eigenvalue weighted by Gasteiger charge is 2.29. The van der Waals surface area contributed by atoms with E-state index in [0.717, 1.165) is 54.8 Å². The van der Waals surface area contributed by atoms with E-state index in [1.165, 1.54) is 5.56 Å². The maximum Gasteiger partial charge on any atom is 0.252 e. The second-order valence-corrected chi connectivity index (χ2v) is 9.56. The highest BCUT2D eigenvalue weighted by molar-refractivity contribution is 5.80. The average Bonchev–Trinajstić information content (AvgIpc) is 3.61. The minimum absolute atomic E-state index is 0.0598. The van der Waals surface area contributed by atoms with Crippen molar-refractivity contribution in [3.63, 3.8) is 0 Å². The van der Waals surface area contributed by atoms with Crippen LogP contribution in [0, 0.1) is 0 Å². The van der Waals surface area contributed by atoms with Gasteiger partial charge in [-0.05, 0) is 65.9 Å². The molecule has 0 spiro atoms. The number of tetrazole rings is 1. The normalized spacial score (nSPS) is 16.5. The summed E-state index contributed by atoms with van der Waals surface area (Å²) in [5.41, 5.74) is 2.64. The van der Waals surface area contributed by atoms with Crippen molar-refractivity contribution in [2.45, 2.75) is 57.8 Å². The molecule has 2 atom stereocenters. The molecule has 0 radical (unpaired) electrons. The van der Waals surface area contributed by atoms with Gasteiger partial charge in [0.1, 0.15) is 5.75 Å². The van der Waals surface area contributed by atoms with Gasteiger partial charge in [-0.25, -0.2) is 4.68 Å². The lowest BCUT2D eigenvalue weighted by Gasteiger charge is -2.32. The van der Waals surface area contributed by atoms with E-state index in [1.807, 2.05) is 47.1 Å². The van der Waals surface area contributed by atoms with Crippen LogP contribution in [-0.4, -0.2) is 56.5 Å². The Kier molecular flexibility index (Phi) is 7.91. The fourth-order valence-corrected chi connectivity index (χ4v) is 5.14. The lowest BCUT2D eigenvalue weighted by atomic mass is 10.1. The second kappa shape index (κ2) is 11.7. The Labute approximate surface area is 216 Å². The van der Waals surface area contributed by atoms with Gasteiger partial charge in [0.15, 0.2) is 5.82 Å². The first-order valence-corrected chi connectivity index (χ1v) is 13.0. The van der Waals surface area contributed by atoms with Gasteiger partial charge in [0.25, 0.3) is 5.56 Å². The number of benzene rings is 2. The van der Waals surface area contributed by atoms with Gasteiger partial charge >= 0.3 is 0 Å². The number of ether oxygens (including phenoxy) is 2. The highest BCUT2D eigenvalue weighted by Crippen LogP contribution is 2.27. The van der Waals surface area contributed by atoms with Crippen LogP contribution in [0.1, 0.15) is 49.2 Å². The van der Waals surface area contributed by atoms with E-state index in [0.29, 0.717) is 25.2 Å². The van der Waals surface area contributed by atoms with E-state index >= 15 is 0 Å². The molecule has 1 saturated heterocycles. The summed E-state index contributed by atoms with van der Waals surface area (Å²) in [6.45, 7) is 4.78. The van der Waals surface area contributed by atoms with E-state index in [4.69, 9.17) is 9.47 Å². The van der Waals surface area contributed by atoms with Gasteiger partial charge in [-0.1, -0.05) is 37.3 Å². The molecule has 2 aromatic heterocycles. The lowest BCUT2D eigenvalue weighted by molar-refractivity contribution is 0.0488. The van der Waals surface area contributed by atoms with E-state index in [-0.39, 0.29) is 17.7 Å². The molecule has 194 valence electrons. The number of rotatable bonds is 11. The van der Waals surface area contributed by atoms with Crippen LogP contribution < -0.4 is 10.3 Å². The summed E-state index contributed by atoms with van der Waals surface area (Å²) in [7, 11) is 1.64. The van der Waals surface area contributed by atoms with E-state index in [1.54, 1.807) is 7.11 Å². The third-order valence-electron chi connectivity index (χ3n) is 7.10. The standard InChI is InChI=1S/C28H34N6O3/c1-3-26(27-30-31-32-34(27)14-13-20-8-5-4-6-9-20)33(19-24-10-7-15-37-24)18-22-16-21-17-23(36-2)11-12-25(21)29-28(22)35/h4-6,8-9,11-12,16-17,24,26H,3,7,10,13-15,18-19H2,1-2H3,(H,29,35). The van der Waals surface area contributed by atoms with Crippen molar-refractivity contribution in [1.82, 2.24) is 30.1 Å². The quantitative estimate of drug-likeness (QED) is 0.332. The van der Waals surface area contributed by atoms with Gasteiger partial charge in [0.05, 0.1) is 19.3 Å². The summed E-state index contributed by atoms with van der Waals surface area (Å²) in [6, 6.07) is 17.9. The first-order chi connectivity index (χ1) is 18.1. The molecule has 9 nitrogen and oxygen atoms in total. The van der Waals surface area contributed by atoms with Crippen molar-refractivity contribution < 1.29 is 9.47 Å². The van der Waals surface area contributed by atoms with Gasteiger partial charge in [0, 0.05) is 42.7 Å². The van der Waals surface area contributed by atoms with Gasteiger partial charge in [-0.3, -0.25) is 9.69 Å². The van der Waals surface area contributed by atoms with E-state index in [2.05, 4.69) is 44.5 Å². The molecule has 2 aromatic carbocycles. The number of pyridine rings is 1. The van der Waals surface area contributed by atoms with Crippen LogP contribution in [0.4, 0.5) is 0 Å². The molecule has 3 heterocycles. The fourth-order valence-electron chi connectivity index (χ4n) is 5.14. The number of nitrogens with one attached hydrogen (secondary N) is 1. The van der Waals surface area contributed by atoms with Crippen LogP contribution in [0.25, 0.3) is 10.9 Å². The largest absolute Gasteiger partial charge is 0.497 e. The number of aromatic amines is 1. The highest BCUT2D eigenvalue weighted by atomic mass is 16.5. The van der Waals surface area contributed by atoms with Crippen molar-refractivity contribution in [3.05, 3.63) is 81.9 Å². The van der Waals surface area contributed by atoms with Crippen molar-refractivity contribution in [1.29, 1.82) is 0 Å². The van der Waals surface area contributed by atoms with Crippen LogP contribution >= 0.6 is 0 Å². The molecule has 37 heavy (non-hydrogen) atoms. The van der Waals surface area contributed by atoms with Gasteiger partial charge in [-0.2, -0.15) is 0 Å². The molecule has 5 rings (SSSR count). The summed E-state index contributed by atoms with van der Waals surface area (Å²) in [4.78, 5) is 18.4. The lowest BCUT2D eigenvalue weighted by Crippen LogP contribution is -2.37. The van der Waals surface area contributed by atoms with Crippen LogP contribution in [0.2, 0.25) is 0 Å². The minimum atomic E-state index is -0.0893. The van der Waals surface area contributed by atoms with E-state index in [9.17, 15) is 4.79 Å². The molecule has 1 fully saturated rings. The molecule has 0 amide bonds. The number of H-pyrrole nitrogens is 1. The van der Waals surface area contributed by atoms with Crippen LogP contribution in [0.5, 0.6) is 5.75 Å². The maximum absolute atomic E-state index is 13.1. The molecule has 1 aliphatic heterocycles. The zero-order chi connectivity index (χ0) is 25.6. The number of aromatic nitrogens is 5. The first kappa shape index (κ1) is 25.1. The molecule has 0 saturated carbocycles. The predicted octanol–water partition coefficient (Wildman–Crippen LogP) is 3.90. The smallest absolute Gasteiger partial charge is 0.252 e. The zero-order valence-electron chi connectivity index (χ0n) is 21.5. The molecule has 2 unspecified atom stereocenters. The zero-order valence-corrected chi connectivity index (χ0v) is 21.5. The van der Waals surface area contributed by atoms with Gasteiger partial charge < -0.3 is 14.5 Å². The number of aryl methyl sites for hydroxylation is 2. The predicted molar refractivity (Wildman–Crippen MR) is 141 cm³/mol. The summed E-state index contributed by atoms with van der Waals surface area (Å²) >= 11 is 0. The molecule has 0 aliphatic carbocycles. The fraction of sp³-hybridized carbons (Fsp3) is 0.429. The maximum atomic E-state index is 13.1. The summed E-state index contributed by atoms with van der Waals surface area (Å²) < 4.78 is 13.3. The Morgan fingerprint density at radius 2 is 2.08 bits per heavy atom. The summed E-state index contributed by atoms with van der Waals surface area (Å²) in [6.07, 6.45) is 3.84. The van der Waals surface area contributed by atoms with Crippen molar-refractivity contribution in [3.8, 4) is 5.75 Å². The Bertz CT molecular complexity index is 1360. The SMILES string of the molecule is CCC(c1nnnn1CCc1ccccc1)N(Cc1cc2cc(OC)ccc2[nH]c1=O)CC1CCCO1. The Hall–Kier alpha value is -3.56. The molecule has 1 aliphatic rings. The summed E-state index contributed by atoms with van der Waals surface area (Å²) in [5.74, 6) is 1.57. The van der Waals surface area contributed by atoms with Gasteiger partial charge in [0.2, 0.25) is 0 Å². The monoisotopic (exact) mass is 502 g/mol. The van der Waals surface area contributed by atoms with Crippen LogP contribution in [-0.2, 0) is 24.2 Å². The van der Waals surface area contributed by atoms with Crippen LogP contribution in [0.15, 0.2) is 59.4 Å². The number of fused-ring (bicyclic) bond motifs is 1. The van der Waals surface area contributed by atoms with Crippen molar-refractivity contribution in [2.24, 2.45) is 0 Å². The Morgan fingerprint density at radius 3 is 2.84 bits per heavy atom. The minimum Gasteiger partial charge on any atom is -0.497 e. The number of nitrogens with zero attached hydrogens (tertiary/aromatic N) is 5. The van der Waals surface area contributed by atoms with E-state index < -0.39 is 0 Å². The number of hydrogen-bond donors (Lipinski definition) is 1.